The van der Waals surface area contributed by atoms with Gasteiger partial charge in [-0.25, -0.2) is 9.97 Å². The fraction of sp³-hybridized carbons (Fsp3) is 0.750. The van der Waals surface area contributed by atoms with Crippen LogP contribution in [-0.4, -0.2) is 81.1 Å². The highest BCUT2D eigenvalue weighted by Crippen LogP contribution is 2.41. The molecule has 1 unspecified atom stereocenters. The summed E-state index contributed by atoms with van der Waals surface area (Å²) in [5.74, 6) is 0.777. The summed E-state index contributed by atoms with van der Waals surface area (Å²) >= 11 is 0. The summed E-state index contributed by atoms with van der Waals surface area (Å²) in [5, 5.41) is 10.6. The number of nitrogens with zero attached hydrogens (tertiary/aromatic N) is 6. The van der Waals surface area contributed by atoms with Crippen molar-refractivity contribution in [1.82, 2.24) is 24.4 Å². The molecule has 5 heterocycles. The van der Waals surface area contributed by atoms with Crippen LogP contribution in [0.1, 0.15) is 32.1 Å². The molecule has 3 aliphatic rings. The molecule has 0 amide bonds. The smallest absolute Gasteiger partial charge is 0.227 e. The van der Waals surface area contributed by atoms with Gasteiger partial charge in [0, 0.05) is 52.5 Å². The first kappa shape index (κ1) is 18.3. The molecule has 2 aromatic rings. The Morgan fingerprint density at radius 1 is 1.18 bits per heavy atom. The lowest BCUT2D eigenvalue weighted by Crippen LogP contribution is -2.57. The largest absolute Gasteiger partial charge is 0.392 e. The molecule has 2 aromatic heterocycles. The van der Waals surface area contributed by atoms with Crippen molar-refractivity contribution in [2.45, 2.75) is 44.2 Å². The Labute approximate surface area is 165 Å². The number of ether oxygens (including phenoxy) is 1. The zero-order valence-electron chi connectivity index (χ0n) is 16.6. The molecule has 0 saturated carbocycles. The molecular formula is C20H30N6O2. The predicted octanol–water partition coefficient (Wildman–Crippen LogP) is 1.20. The number of imidazole rings is 1. The predicted molar refractivity (Wildman–Crippen MR) is 106 cm³/mol. The molecule has 1 N–H and O–H groups in total. The summed E-state index contributed by atoms with van der Waals surface area (Å²) in [5.41, 5.74) is 1.92. The molecule has 8 nitrogen and oxygen atoms in total. The van der Waals surface area contributed by atoms with Gasteiger partial charge >= 0.3 is 0 Å². The van der Waals surface area contributed by atoms with E-state index in [0.717, 1.165) is 88.6 Å². The molecule has 3 aliphatic heterocycles. The van der Waals surface area contributed by atoms with E-state index in [9.17, 15) is 5.11 Å². The second kappa shape index (κ2) is 7.24. The van der Waals surface area contributed by atoms with Crippen LogP contribution in [0.5, 0.6) is 0 Å². The molecule has 1 atom stereocenters. The van der Waals surface area contributed by atoms with Gasteiger partial charge in [-0.2, -0.15) is 4.98 Å². The van der Waals surface area contributed by atoms with Crippen molar-refractivity contribution in [3.05, 3.63) is 12.5 Å². The van der Waals surface area contributed by atoms with E-state index in [1.807, 2.05) is 17.8 Å². The lowest BCUT2D eigenvalue weighted by Gasteiger charge is -2.51. The Morgan fingerprint density at radius 3 is 2.75 bits per heavy atom. The van der Waals surface area contributed by atoms with Crippen molar-refractivity contribution in [3.63, 3.8) is 0 Å². The number of β-amino-alcohol motifs (C(OH)–C–C–N with tert-alkyl or cyclic N) is 1. The van der Waals surface area contributed by atoms with Crippen molar-refractivity contribution < 1.29 is 9.84 Å². The minimum absolute atomic E-state index is 0.210. The summed E-state index contributed by atoms with van der Waals surface area (Å²) in [6.07, 6.45) is 8.68. The number of aromatic nitrogens is 4. The minimum atomic E-state index is -0.218. The number of piperidine rings is 2. The van der Waals surface area contributed by atoms with Crippen LogP contribution >= 0.6 is 0 Å². The molecular weight excluding hydrogens is 356 g/mol. The van der Waals surface area contributed by atoms with Gasteiger partial charge < -0.3 is 19.3 Å². The maximum atomic E-state index is 10.6. The lowest BCUT2D eigenvalue weighted by molar-refractivity contribution is -0.0602. The van der Waals surface area contributed by atoms with E-state index in [-0.39, 0.29) is 11.5 Å². The van der Waals surface area contributed by atoms with Crippen molar-refractivity contribution in [2.75, 3.05) is 44.3 Å². The normalized spacial score (nSPS) is 26.9. The molecule has 0 aromatic carbocycles. The standard InChI is InChI=1S/C20H30N6O2/c1-24-14-22-18-17(24)11-21-19(23-18)25-6-4-20(5-7-25)10-16(27)12-26(13-20)15-2-8-28-9-3-15/h11,14-16,27H,2-10,12-13H2,1H3. The quantitative estimate of drug-likeness (QED) is 0.831. The van der Waals surface area contributed by atoms with E-state index < -0.39 is 0 Å². The molecule has 0 radical (unpaired) electrons. The van der Waals surface area contributed by atoms with Crippen LogP contribution < -0.4 is 4.90 Å². The Hall–Kier alpha value is -1.77. The van der Waals surface area contributed by atoms with E-state index in [1.165, 1.54) is 0 Å². The second-order valence-corrected chi connectivity index (χ2v) is 8.85. The van der Waals surface area contributed by atoms with Crippen molar-refractivity contribution in [3.8, 4) is 0 Å². The molecule has 3 saturated heterocycles. The highest BCUT2D eigenvalue weighted by molar-refractivity contribution is 5.70. The van der Waals surface area contributed by atoms with Crippen LogP contribution in [-0.2, 0) is 11.8 Å². The van der Waals surface area contributed by atoms with Gasteiger partial charge in [-0.1, -0.05) is 0 Å². The number of rotatable bonds is 2. The Morgan fingerprint density at radius 2 is 1.96 bits per heavy atom. The molecule has 0 aliphatic carbocycles. The van der Waals surface area contributed by atoms with Gasteiger partial charge in [-0.05, 0) is 37.5 Å². The first-order valence-electron chi connectivity index (χ1n) is 10.5. The van der Waals surface area contributed by atoms with Gasteiger partial charge in [-0.15, -0.1) is 0 Å². The highest BCUT2D eigenvalue weighted by atomic mass is 16.5. The summed E-state index contributed by atoms with van der Waals surface area (Å²) in [6, 6.07) is 0.563. The zero-order valence-corrected chi connectivity index (χ0v) is 16.6. The number of hydrogen-bond donors (Lipinski definition) is 1. The van der Waals surface area contributed by atoms with Crippen LogP contribution in [0.3, 0.4) is 0 Å². The summed E-state index contributed by atoms with van der Waals surface area (Å²) < 4.78 is 7.48. The van der Waals surface area contributed by atoms with Gasteiger partial charge in [0.15, 0.2) is 5.65 Å². The average molecular weight is 387 g/mol. The third-order valence-electron chi connectivity index (χ3n) is 6.94. The average Bonchev–Trinajstić information content (AvgIpc) is 3.09. The number of anilines is 1. The van der Waals surface area contributed by atoms with Crippen LogP contribution in [0, 0.1) is 5.41 Å². The van der Waals surface area contributed by atoms with Crippen LogP contribution in [0.4, 0.5) is 5.95 Å². The van der Waals surface area contributed by atoms with E-state index in [2.05, 4.69) is 24.8 Å². The number of aliphatic hydroxyl groups is 1. The molecule has 152 valence electrons. The van der Waals surface area contributed by atoms with Gasteiger partial charge in [-0.3, -0.25) is 4.90 Å². The first-order valence-corrected chi connectivity index (χ1v) is 10.5. The molecule has 8 heteroatoms. The van der Waals surface area contributed by atoms with Gasteiger partial charge in [0.2, 0.25) is 5.95 Å². The lowest BCUT2D eigenvalue weighted by atomic mass is 9.71. The van der Waals surface area contributed by atoms with Gasteiger partial charge in [0.25, 0.3) is 0 Å². The molecule has 3 fully saturated rings. The third-order valence-corrected chi connectivity index (χ3v) is 6.94. The monoisotopic (exact) mass is 386 g/mol. The van der Waals surface area contributed by atoms with Crippen LogP contribution in [0.15, 0.2) is 12.5 Å². The second-order valence-electron chi connectivity index (χ2n) is 8.85. The highest BCUT2D eigenvalue weighted by Gasteiger charge is 2.43. The Kier molecular flexibility index (Phi) is 4.72. The fourth-order valence-electron chi connectivity index (χ4n) is 5.32. The van der Waals surface area contributed by atoms with Crippen molar-refractivity contribution in [1.29, 1.82) is 0 Å². The summed E-state index contributed by atoms with van der Waals surface area (Å²) in [7, 11) is 1.96. The zero-order chi connectivity index (χ0) is 19.1. The van der Waals surface area contributed by atoms with Crippen LogP contribution in [0.2, 0.25) is 0 Å². The van der Waals surface area contributed by atoms with Gasteiger partial charge in [0.05, 0.1) is 18.6 Å². The number of aryl methyl sites for hydroxylation is 1. The van der Waals surface area contributed by atoms with E-state index in [1.54, 1.807) is 6.33 Å². The van der Waals surface area contributed by atoms with Crippen LogP contribution in [0.25, 0.3) is 11.2 Å². The maximum absolute atomic E-state index is 10.6. The topological polar surface area (TPSA) is 79.5 Å². The molecule has 28 heavy (non-hydrogen) atoms. The maximum Gasteiger partial charge on any atom is 0.227 e. The van der Waals surface area contributed by atoms with E-state index >= 15 is 0 Å². The number of likely N-dealkylation sites (tertiary alicyclic amines) is 1. The third kappa shape index (κ3) is 3.38. The Balaban J connectivity index is 1.28. The van der Waals surface area contributed by atoms with Crippen molar-refractivity contribution >= 4 is 17.1 Å². The summed E-state index contributed by atoms with van der Waals surface area (Å²) in [6.45, 7) is 5.49. The number of aliphatic hydroxyl groups excluding tert-OH is 1. The summed E-state index contributed by atoms with van der Waals surface area (Å²) in [4.78, 5) is 18.4. The number of fused-ring (bicyclic) bond motifs is 1. The van der Waals surface area contributed by atoms with Crippen molar-refractivity contribution in [2.24, 2.45) is 12.5 Å². The molecule has 1 spiro atoms. The Bertz CT molecular complexity index is 825. The van der Waals surface area contributed by atoms with E-state index in [0.29, 0.717) is 6.04 Å². The SMILES string of the molecule is Cn1cnc2nc(N3CCC4(CC3)CC(O)CN(C3CCOCC3)C4)ncc21. The van der Waals surface area contributed by atoms with Gasteiger partial charge in [0.1, 0.15) is 5.52 Å². The van der Waals surface area contributed by atoms with E-state index in [4.69, 9.17) is 4.74 Å². The minimum Gasteiger partial charge on any atom is -0.392 e. The first-order chi connectivity index (χ1) is 13.6. The molecule has 5 rings (SSSR count). The number of hydrogen-bond acceptors (Lipinski definition) is 7. The fourth-order valence-corrected chi connectivity index (χ4v) is 5.32. The molecule has 0 bridgehead atoms.